The molecule has 3 saturated heterocycles. The highest BCUT2D eigenvalue weighted by molar-refractivity contribution is 6.40. The van der Waals surface area contributed by atoms with E-state index in [-0.39, 0.29) is 31.3 Å². The second kappa shape index (κ2) is 10.9. The molecule has 1 aromatic carbocycles. The average molecular weight is 682 g/mol. The molecule has 1 saturated carbocycles. The monoisotopic (exact) mass is 680 g/mol. The number of nitrogens with one attached hydrogen (secondary N) is 1. The molecule has 5 aromatic rings. The number of aromatic amines is 1. The third kappa shape index (κ3) is 4.86. The maximum absolute atomic E-state index is 14.6. The second-order valence-electron chi connectivity index (χ2n) is 13.9. The number of benzene rings is 1. The minimum absolute atomic E-state index is 0.159. The number of hydrogen-bond donors (Lipinski definition) is 2. The van der Waals surface area contributed by atoms with Gasteiger partial charge in [-0.15, -0.1) is 0 Å². The first-order valence-electron chi connectivity index (χ1n) is 16.3. The molecule has 3 atom stereocenters. The van der Waals surface area contributed by atoms with E-state index in [9.17, 15) is 9.50 Å². The summed E-state index contributed by atoms with van der Waals surface area (Å²) in [4.78, 5) is 19.0. The Morgan fingerprint density at radius 1 is 1.21 bits per heavy atom. The van der Waals surface area contributed by atoms with Gasteiger partial charge >= 0.3 is 6.01 Å². The van der Waals surface area contributed by atoms with Crippen molar-refractivity contribution in [2.24, 2.45) is 0 Å². The number of hydrogen-bond acceptors (Lipinski definition) is 9. The van der Waals surface area contributed by atoms with Crippen LogP contribution in [0.3, 0.4) is 0 Å². The van der Waals surface area contributed by atoms with Crippen molar-refractivity contribution in [1.82, 2.24) is 34.4 Å². The Morgan fingerprint density at radius 2 is 2.09 bits per heavy atom. The number of fused-ring (bicyclic) bond motifs is 5. The summed E-state index contributed by atoms with van der Waals surface area (Å²) in [5, 5.41) is 20.5. The largest absolute Gasteiger partial charge is 0.461 e. The van der Waals surface area contributed by atoms with Gasteiger partial charge in [-0.1, -0.05) is 23.2 Å². The number of halogens is 3. The van der Waals surface area contributed by atoms with Gasteiger partial charge in [-0.3, -0.25) is 15.0 Å². The van der Waals surface area contributed by atoms with Crippen molar-refractivity contribution in [2.75, 3.05) is 50.9 Å². The molecule has 7 heterocycles. The Balaban J connectivity index is 1.25. The topological polar surface area (TPSA) is 117 Å². The van der Waals surface area contributed by atoms with Crippen LogP contribution in [0.25, 0.3) is 38.7 Å². The van der Waals surface area contributed by atoms with Gasteiger partial charge in [0.05, 0.1) is 53.2 Å². The average Bonchev–Trinajstić information content (AvgIpc) is 3.45. The van der Waals surface area contributed by atoms with Gasteiger partial charge in [-0.25, -0.2) is 4.39 Å². The van der Waals surface area contributed by atoms with Crippen LogP contribution in [0.2, 0.25) is 10.0 Å². The van der Waals surface area contributed by atoms with E-state index < -0.39 is 11.8 Å². The third-order valence-corrected chi connectivity index (χ3v) is 11.0. The van der Waals surface area contributed by atoms with Crippen LogP contribution in [0.5, 0.6) is 6.01 Å². The number of anilines is 1. The summed E-state index contributed by atoms with van der Waals surface area (Å²) in [6.07, 6.45) is 8.95. The molecule has 3 aliphatic heterocycles. The lowest BCUT2D eigenvalue weighted by atomic mass is 9.95. The van der Waals surface area contributed by atoms with Gasteiger partial charge in [0.25, 0.3) is 0 Å². The molecule has 0 bridgehead atoms. The Bertz CT molecular complexity index is 2050. The number of aromatic nitrogens is 6. The molecule has 246 valence electrons. The molecule has 1 aliphatic carbocycles. The molecule has 0 radical (unpaired) electrons. The molecule has 0 spiro atoms. The molecule has 4 aromatic heterocycles. The van der Waals surface area contributed by atoms with Crippen molar-refractivity contribution in [1.29, 1.82) is 0 Å². The van der Waals surface area contributed by atoms with Gasteiger partial charge < -0.3 is 23.9 Å². The maximum Gasteiger partial charge on any atom is 0.319 e. The molecule has 0 unspecified atom stereocenters. The van der Waals surface area contributed by atoms with Crippen molar-refractivity contribution in [3.63, 3.8) is 0 Å². The zero-order chi connectivity index (χ0) is 32.1. The number of rotatable bonds is 6. The van der Waals surface area contributed by atoms with Crippen LogP contribution in [0, 0.1) is 0 Å². The summed E-state index contributed by atoms with van der Waals surface area (Å²) < 4.78 is 28.7. The van der Waals surface area contributed by atoms with Crippen molar-refractivity contribution < 1.29 is 19.0 Å². The van der Waals surface area contributed by atoms with Crippen LogP contribution < -0.4 is 9.64 Å². The van der Waals surface area contributed by atoms with Crippen molar-refractivity contribution >= 4 is 56.5 Å². The van der Waals surface area contributed by atoms with Crippen LogP contribution in [0.1, 0.15) is 50.5 Å². The Hall–Kier alpha value is -3.29. The molecule has 2 N–H and O–H groups in total. The first kappa shape index (κ1) is 29.8. The predicted octanol–water partition coefficient (Wildman–Crippen LogP) is 5.55. The molecule has 9 rings (SSSR count). The molecule has 0 amide bonds. The van der Waals surface area contributed by atoms with E-state index in [4.69, 9.17) is 47.6 Å². The fourth-order valence-corrected chi connectivity index (χ4v) is 8.80. The highest BCUT2D eigenvalue weighted by Gasteiger charge is 2.49. The van der Waals surface area contributed by atoms with Gasteiger partial charge in [0, 0.05) is 47.9 Å². The van der Waals surface area contributed by atoms with Crippen LogP contribution in [0.15, 0.2) is 24.7 Å². The van der Waals surface area contributed by atoms with Gasteiger partial charge in [-0.05, 0) is 56.7 Å². The van der Waals surface area contributed by atoms with E-state index in [2.05, 4.69) is 15.1 Å². The van der Waals surface area contributed by atoms with E-state index in [1.165, 1.54) is 0 Å². The number of nitrogens with zero attached hydrogens (tertiary/aromatic N) is 7. The quantitative estimate of drug-likeness (QED) is 0.238. The minimum Gasteiger partial charge on any atom is -0.461 e. The summed E-state index contributed by atoms with van der Waals surface area (Å²) in [5.41, 5.74) is 3.78. The summed E-state index contributed by atoms with van der Waals surface area (Å²) in [7, 11) is 0. The molecular weight excluding hydrogens is 646 g/mol. The Labute approximate surface area is 280 Å². The summed E-state index contributed by atoms with van der Waals surface area (Å²) in [6.45, 7) is 4.70. The van der Waals surface area contributed by atoms with E-state index in [0.29, 0.717) is 70.1 Å². The van der Waals surface area contributed by atoms with Crippen LogP contribution in [-0.2, 0) is 4.74 Å². The second-order valence-corrected chi connectivity index (χ2v) is 14.7. The molecule has 4 fully saturated rings. The summed E-state index contributed by atoms with van der Waals surface area (Å²) >= 11 is 14.3. The van der Waals surface area contributed by atoms with Crippen LogP contribution in [-0.4, -0.2) is 103 Å². The number of ether oxygens (including phenoxy) is 2. The van der Waals surface area contributed by atoms with Crippen LogP contribution >= 0.6 is 23.2 Å². The molecule has 4 aliphatic rings. The molecule has 11 nitrogen and oxygen atoms in total. The SMILES string of the molecule is C[C@@]1(O)COCCN(c2nc(OC[C@@]34CCCN3C[C@H](F)C4)nc3c(Cl)c4c(-c5c(C6CC6)c(Cl)cc6[nH]ncc56)nccn4c23)C1. The van der Waals surface area contributed by atoms with Crippen LogP contribution in [0.4, 0.5) is 10.2 Å². The van der Waals surface area contributed by atoms with E-state index in [1.807, 2.05) is 27.8 Å². The lowest BCUT2D eigenvalue weighted by Crippen LogP contribution is -2.44. The minimum atomic E-state index is -1.12. The molecule has 47 heavy (non-hydrogen) atoms. The van der Waals surface area contributed by atoms with E-state index in [1.54, 1.807) is 13.1 Å². The van der Waals surface area contributed by atoms with Crippen molar-refractivity contribution in [3.05, 3.63) is 40.3 Å². The lowest BCUT2D eigenvalue weighted by Gasteiger charge is -2.31. The van der Waals surface area contributed by atoms with E-state index >= 15 is 0 Å². The maximum atomic E-state index is 14.6. The normalized spacial score (nSPS) is 26.9. The number of alkyl halides is 1. The standard InChI is InChI=1S/C33H35Cl2FN8O3/c1-32(45)15-42(9-10-46-16-32)30-29-27(39-31(40-30)47-17-33-5-2-7-43(33)14-19(36)12-33)25(35)28-26(37-6-8-44(28)29)24-20-13-38-41-22(20)11-21(34)23(24)18-3-4-18/h6,8,11,13,18-19,45H,2-5,7,9-10,12,14-17H2,1H3,(H,38,41)/t19-,32+,33+/m1/s1. The number of aliphatic hydroxyl groups is 1. The Morgan fingerprint density at radius 3 is 2.94 bits per heavy atom. The number of β-amino-alcohol motifs (C(OH)–C–C–N with tert-alkyl or cyclic N) is 1. The van der Waals surface area contributed by atoms with Crippen molar-refractivity contribution in [3.8, 4) is 17.3 Å². The zero-order valence-corrected chi connectivity index (χ0v) is 27.5. The fourth-order valence-electron chi connectivity index (χ4n) is 8.13. The van der Waals surface area contributed by atoms with Gasteiger partial charge in [0.1, 0.15) is 29.4 Å². The van der Waals surface area contributed by atoms with E-state index in [0.717, 1.165) is 54.3 Å². The van der Waals surface area contributed by atoms with Gasteiger partial charge in [-0.2, -0.15) is 15.1 Å². The molecule has 14 heteroatoms. The van der Waals surface area contributed by atoms with Gasteiger partial charge in [0.2, 0.25) is 0 Å². The first-order chi connectivity index (χ1) is 22.7. The van der Waals surface area contributed by atoms with Crippen molar-refractivity contribution in [2.45, 2.75) is 62.3 Å². The molecular formula is C33H35Cl2FN8O3. The zero-order valence-electron chi connectivity index (χ0n) is 26.0. The highest BCUT2D eigenvalue weighted by atomic mass is 35.5. The number of H-pyrrole nitrogens is 1. The predicted molar refractivity (Wildman–Crippen MR) is 178 cm³/mol. The fraction of sp³-hybridized carbons (Fsp3) is 0.515. The summed E-state index contributed by atoms with van der Waals surface area (Å²) in [5.74, 6) is 0.887. The lowest BCUT2D eigenvalue weighted by molar-refractivity contribution is -0.0123. The smallest absolute Gasteiger partial charge is 0.319 e. The third-order valence-electron chi connectivity index (χ3n) is 10.3. The highest BCUT2D eigenvalue weighted by Crippen LogP contribution is 2.51. The first-order valence-corrected chi connectivity index (χ1v) is 17.1. The van der Waals surface area contributed by atoms with Gasteiger partial charge in [0.15, 0.2) is 5.82 Å². The Kier molecular flexibility index (Phi) is 6.89. The summed E-state index contributed by atoms with van der Waals surface area (Å²) in [6, 6.07) is 2.09.